The summed E-state index contributed by atoms with van der Waals surface area (Å²) in [5, 5.41) is 1.14. The van der Waals surface area contributed by atoms with Crippen LogP contribution in [-0.4, -0.2) is 10.9 Å². The Morgan fingerprint density at radius 3 is 2.87 bits per heavy atom. The normalized spacial score (nSPS) is 16.2. The first-order valence-corrected chi connectivity index (χ1v) is 8.00. The molecule has 3 aromatic rings. The summed E-state index contributed by atoms with van der Waals surface area (Å²) in [7, 11) is 0. The summed E-state index contributed by atoms with van der Waals surface area (Å²) in [5.41, 5.74) is 4.13. The number of aromatic nitrogens is 1. The first-order valence-electron chi connectivity index (χ1n) is 8.00. The van der Waals surface area contributed by atoms with E-state index in [4.69, 9.17) is 4.42 Å². The molecular weight excluding hydrogens is 290 g/mol. The van der Waals surface area contributed by atoms with E-state index >= 15 is 0 Å². The van der Waals surface area contributed by atoms with Gasteiger partial charge in [-0.3, -0.25) is 9.59 Å². The Hall–Kier alpha value is -2.62. The van der Waals surface area contributed by atoms with Gasteiger partial charge in [0.1, 0.15) is 5.58 Å². The van der Waals surface area contributed by atoms with Crippen molar-refractivity contribution < 1.29 is 9.21 Å². The topological polar surface area (TPSA) is 52.2 Å². The van der Waals surface area contributed by atoms with E-state index in [1.165, 1.54) is 30.0 Å². The van der Waals surface area contributed by atoms with Crippen LogP contribution in [0.3, 0.4) is 0 Å². The van der Waals surface area contributed by atoms with E-state index in [1.54, 1.807) is 6.20 Å². The third-order valence-corrected chi connectivity index (χ3v) is 4.98. The number of pyridine rings is 1. The highest BCUT2D eigenvalue weighted by molar-refractivity contribution is 5.89. The number of fused-ring (bicyclic) bond motifs is 5. The Morgan fingerprint density at radius 2 is 2.09 bits per heavy atom. The molecule has 0 bridgehead atoms. The number of hydrogen-bond acceptors (Lipinski definition) is 3. The van der Waals surface area contributed by atoms with Crippen molar-refractivity contribution in [3.8, 4) is 11.5 Å². The van der Waals surface area contributed by atoms with Crippen LogP contribution in [0, 0.1) is 0 Å². The zero-order valence-electron chi connectivity index (χ0n) is 12.5. The van der Waals surface area contributed by atoms with Crippen molar-refractivity contribution in [1.29, 1.82) is 0 Å². The predicted octanol–water partition coefficient (Wildman–Crippen LogP) is 3.51. The average Bonchev–Trinajstić information content (AvgIpc) is 3.34. The Balaban J connectivity index is 1.75. The summed E-state index contributed by atoms with van der Waals surface area (Å²) in [6, 6.07) is 8.02. The molecule has 1 aromatic carbocycles. The highest BCUT2D eigenvalue weighted by Gasteiger charge is 2.27. The molecule has 1 fully saturated rings. The number of aryl methyl sites for hydroxylation is 2. The minimum Gasteiger partial charge on any atom is -0.454 e. The molecule has 1 aliphatic heterocycles. The van der Waals surface area contributed by atoms with Gasteiger partial charge in [0.25, 0.3) is 0 Å². The highest BCUT2D eigenvalue weighted by atomic mass is 16.3. The lowest BCUT2D eigenvalue weighted by Crippen LogP contribution is -2.18. The van der Waals surface area contributed by atoms with E-state index in [-0.39, 0.29) is 11.0 Å². The lowest BCUT2D eigenvalue weighted by molar-refractivity contribution is 0.112. The van der Waals surface area contributed by atoms with Gasteiger partial charge >= 0.3 is 0 Å². The lowest BCUT2D eigenvalue weighted by atomic mass is 10.00. The van der Waals surface area contributed by atoms with Gasteiger partial charge in [0.05, 0.1) is 11.3 Å². The first kappa shape index (κ1) is 12.9. The summed E-state index contributed by atoms with van der Waals surface area (Å²) in [6.45, 7) is 0.752. The van der Waals surface area contributed by atoms with Crippen molar-refractivity contribution in [3.05, 3.63) is 57.4 Å². The van der Waals surface area contributed by atoms with Crippen LogP contribution in [0.15, 0.2) is 39.7 Å². The molecule has 4 nitrogen and oxygen atoms in total. The van der Waals surface area contributed by atoms with Gasteiger partial charge in [0, 0.05) is 29.8 Å². The second-order valence-corrected chi connectivity index (χ2v) is 6.48. The van der Waals surface area contributed by atoms with Gasteiger partial charge in [-0.15, -0.1) is 0 Å². The van der Waals surface area contributed by atoms with Crippen LogP contribution in [0.1, 0.15) is 40.2 Å². The fourth-order valence-electron chi connectivity index (χ4n) is 3.59. The second kappa shape index (κ2) is 4.44. The third kappa shape index (κ3) is 1.84. The van der Waals surface area contributed by atoms with Gasteiger partial charge in [-0.2, -0.15) is 0 Å². The van der Waals surface area contributed by atoms with Crippen molar-refractivity contribution >= 4 is 17.3 Å². The summed E-state index contributed by atoms with van der Waals surface area (Å²) in [4.78, 5) is 23.0. The molecule has 0 atom stereocenters. The number of furan rings is 1. The number of hydrogen-bond donors (Lipinski definition) is 0. The van der Waals surface area contributed by atoms with Crippen molar-refractivity contribution in [2.24, 2.45) is 0 Å². The van der Waals surface area contributed by atoms with E-state index in [0.29, 0.717) is 12.2 Å². The molecule has 2 aromatic heterocycles. The molecule has 0 spiro atoms. The second-order valence-electron chi connectivity index (χ2n) is 6.48. The molecule has 5 rings (SSSR count). The van der Waals surface area contributed by atoms with Gasteiger partial charge < -0.3 is 8.98 Å². The molecule has 0 N–H and O–H groups in total. The Morgan fingerprint density at radius 1 is 1.22 bits per heavy atom. The van der Waals surface area contributed by atoms with E-state index in [2.05, 4.69) is 18.2 Å². The van der Waals surface area contributed by atoms with Gasteiger partial charge in [-0.05, 0) is 36.8 Å². The van der Waals surface area contributed by atoms with Crippen LogP contribution in [0.2, 0.25) is 0 Å². The summed E-state index contributed by atoms with van der Waals surface area (Å²) in [5.74, 6) is 1.46. The highest BCUT2D eigenvalue weighted by Crippen LogP contribution is 2.43. The minimum absolute atomic E-state index is 0.198. The van der Waals surface area contributed by atoms with Crippen LogP contribution in [0.25, 0.3) is 22.4 Å². The average molecular weight is 305 g/mol. The van der Waals surface area contributed by atoms with Crippen LogP contribution in [0.4, 0.5) is 0 Å². The van der Waals surface area contributed by atoms with Gasteiger partial charge in [0.15, 0.2) is 17.5 Å². The molecule has 2 aliphatic rings. The molecule has 23 heavy (non-hydrogen) atoms. The quantitative estimate of drug-likeness (QED) is 0.681. The fraction of sp³-hybridized carbons (Fsp3) is 0.263. The zero-order valence-corrected chi connectivity index (χ0v) is 12.5. The number of nitrogens with zero attached hydrogens (tertiary/aromatic N) is 1. The van der Waals surface area contributed by atoms with Crippen LogP contribution in [-0.2, 0) is 13.0 Å². The lowest BCUT2D eigenvalue weighted by Gasteiger charge is -2.18. The van der Waals surface area contributed by atoms with E-state index in [0.717, 1.165) is 35.4 Å². The molecule has 0 amide bonds. The van der Waals surface area contributed by atoms with E-state index in [9.17, 15) is 9.59 Å². The summed E-state index contributed by atoms with van der Waals surface area (Å²) >= 11 is 0. The van der Waals surface area contributed by atoms with Crippen LogP contribution in [0.5, 0.6) is 0 Å². The first-order chi connectivity index (χ1) is 11.2. The largest absolute Gasteiger partial charge is 0.454 e. The van der Waals surface area contributed by atoms with E-state index in [1.807, 2.05) is 4.57 Å². The number of benzene rings is 1. The number of carbonyl (C=O) groups excluding carboxylic acids is 1. The summed E-state index contributed by atoms with van der Waals surface area (Å²) < 4.78 is 8.06. The molecular formula is C19H15NO3. The smallest absolute Gasteiger partial charge is 0.192 e. The van der Waals surface area contributed by atoms with Crippen LogP contribution >= 0.6 is 0 Å². The summed E-state index contributed by atoms with van der Waals surface area (Å²) in [6.07, 6.45) is 5.62. The molecule has 0 radical (unpaired) electrons. The van der Waals surface area contributed by atoms with Gasteiger partial charge in [0.2, 0.25) is 0 Å². The molecule has 1 saturated carbocycles. The Bertz CT molecular complexity index is 1020. The Kier molecular flexibility index (Phi) is 2.49. The SMILES string of the molecule is O=Cc1cn2c(cc1=O)-c1oc3cc(C4CC4)ccc3c1CC2. The number of aldehydes is 1. The molecule has 0 saturated heterocycles. The molecule has 114 valence electrons. The van der Waals surface area contributed by atoms with Crippen molar-refractivity contribution in [2.45, 2.75) is 31.7 Å². The fourth-order valence-corrected chi connectivity index (χ4v) is 3.59. The Labute approximate surface area is 132 Å². The van der Waals surface area contributed by atoms with Crippen molar-refractivity contribution in [3.63, 3.8) is 0 Å². The monoisotopic (exact) mass is 305 g/mol. The van der Waals surface area contributed by atoms with Crippen molar-refractivity contribution in [2.75, 3.05) is 0 Å². The molecule has 3 heterocycles. The number of rotatable bonds is 2. The van der Waals surface area contributed by atoms with Gasteiger partial charge in [-0.1, -0.05) is 12.1 Å². The standard InChI is InChI=1S/C19H15NO3/c21-10-13-9-20-6-5-15-14-4-3-12(11-1-2-11)7-18(14)23-19(15)16(20)8-17(13)22/h3-4,7-11H,1-2,5-6H2. The maximum Gasteiger partial charge on any atom is 0.192 e. The molecule has 0 unspecified atom stereocenters. The minimum atomic E-state index is -0.252. The van der Waals surface area contributed by atoms with E-state index < -0.39 is 0 Å². The van der Waals surface area contributed by atoms with Crippen LogP contribution < -0.4 is 5.43 Å². The maximum absolute atomic E-state index is 12.0. The maximum atomic E-state index is 12.0. The zero-order chi connectivity index (χ0) is 15.6. The number of carbonyl (C=O) groups is 1. The molecule has 4 heteroatoms. The van der Waals surface area contributed by atoms with Gasteiger partial charge in [-0.25, -0.2) is 0 Å². The van der Waals surface area contributed by atoms with Crippen molar-refractivity contribution in [1.82, 2.24) is 4.57 Å². The molecule has 1 aliphatic carbocycles. The predicted molar refractivity (Wildman–Crippen MR) is 87.0 cm³/mol. The third-order valence-electron chi connectivity index (χ3n) is 4.98.